The molecule has 0 radical (unpaired) electrons. The number of hydrogen-bond donors (Lipinski definition) is 1. The predicted octanol–water partition coefficient (Wildman–Crippen LogP) is 3.36. The highest BCUT2D eigenvalue weighted by molar-refractivity contribution is 6.14. The van der Waals surface area contributed by atoms with Crippen molar-refractivity contribution in [2.24, 2.45) is 5.41 Å². The van der Waals surface area contributed by atoms with Crippen molar-refractivity contribution in [3.8, 4) is 0 Å². The van der Waals surface area contributed by atoms with Crippen LogP contribution in [0.3, 0.4) is 0 Å². The Labute approximate surface area is 147 Å². The maximum Gasteiger partial charge on any atom is 0.240 e. The van der Waals surface area contributed by atoms with E-state index in [0.29, 0.717) is 18.5 Å². The first-order valence-corrected chi connectivity index (χ1v) is 9.15. The van der Waals surface area contributed by atoms with Gasteiger partial charge in [0.2, 0.25) is 11.8 Å². The lowest BCUT2D eigenvalue weighted by molar-refractivity contribution is -0.142. The molecule has 1 aliphatic heterocycles. The quantitative estimate of drug-likeness (QED) is 0.874. The van der Waals surface area contributed by atoms with Crippen molar-refractivity contribution in [3.05, 3.63) is 36.5 Å². The summed E-state index contributed by atoms with van der Waals surface area (Å²) < 4.78 is 0. The van der Waals surface area contributed by atoms with Crippen LogP contribution >= 0.6 is 0 Å². The van der Waals surface area contributed by atoms with E-state index in [9.17, 15) is 9.59 Å². The number of likely N-dealkylation sites (tertiary alicyclic amines) is 1. The molecule has 2 fully saturated rings. The van der Waals surface area contributed by atoms with Crippen LogP contribution in [0.25, 0.3) is 10.9 Å². The molecule has 4 rings (SSSR count). The summed E-state index contributed by atoms with van der Waals surface area (Å²) in [4.78, 5) is 32.2. The van der Waals surface area contributed by atoms with Crippen LogP contribution in [0.4, 0.5) is 5.69 Å². The van der Waals surface area contributed by atoms with Gasteiger partial charge < -0.3 is 10.2 Å². The van der Waals surface area contributed by atoms with Gasteiger partial charge in [0.05, 0.1) is 11.2 Å². The lowest BCUT2D eigenvalue weighted by Crippen LogP contribution is -2.43. The van der Waals surface area contributed by atoms with Gasteiger partial charge in [-0.05, 0) is 37.8 Å². The third-order valence-corrected chi connectivity index (χ3v) is 5.37. The zero-order chi connectivity index (χ0) is 17.3. The summed E-state index contributed by atoms with van der Waals surface area (Å²) in [7, 11) is 0. The summed E-state index contributed by atoms with van der Waals surface area (Å²) in [6, 6.07) is 9.55. The van der Waals surface area contributed by atoms with E-state index in [0.717, 1.165) is 36.8 Å². The van der Waals surface area contributed by atoms with E-state index in [-0.39, 0.29) is 11.8 Å². The molecule has 2 heterocycles. The highest BCUT2D eigenvalue weighted by atomic mass is 16.2. The number of carbonyl (C=O) groups is 2. The number of carbonyl (C=O) groups excluding carboxylic acids is 2. The molecule has 0 atom stereocenters. The standard InChI is InChI=1S/C20H23N3O2/c24-18(22-16-9-5-7-15-8-6-12-21-17(15)16)20(10-11-20)19(25)23-13-3-1-2-4-14-23/h5-9,12H,1-4,10-11,13-14H2,(H,22,24). The van der Waals surface area contributed by atoms with Gasteiger partial charge in [-0.25, -0.2) is 0 Å². The number of anilines is 1. The number of rotatable bonds is 3. The molecule has 1 saturated carbocycles. The number of pyridine rings is 1. The molecule has 2 aromatic rings. The van der Waals surface area contributed by atoms with Crippen LogP contribution in [-0.4, -0.2) is 34.8 Å². The highest BCUT2D eigenvalue weighted by Crippen LogP contribution is 2.48. The van der Waals surface area contributed by atoms with Gasteiger partial charge in [-0.1, -0.05) is 31.0 Å². The van der Waals surface area contributed by atoms with Crippen molar-refractivity contribution in [2.75, 3.05) is 18.4 Å². The monoisotopic (exact) mass is 337 g/mol. The van der Waals surface area contributed by atoms with Gasteiger partial charge >= 0.3 is 0 Å². The van der Waals surface area contributed by atoms with E-state index in [1.165, 1.54) is 12.8 Å². The number of fused-ring (bicyclic) bond motifs is 1. The number of para-hydroxylation sites is 1. The van der Waals surface area contributed by atoms with Crippen molar-refractivity contribution in [3.63, 3.8) is 0 Å². The Bertz CT molecular complexity index is 800. The van der Waals surface area contributed by atoms with E-state index >= 15 is 0 Å². The fourth-order valence-corrected chi connectivity index (χ4v) is 3.69. The number of nitrogens with one attached hydrogen (secondary N) is 1. The molecule has 0 unspecified atom stereocenters. The molecule has 5 nitrogen and oxygen atoms in total. The minimum absolute atomic E-state index is 0.0140. The van der Waals surface area contributed by atoms with Crippen LogP contribution in [0.15, 0.2) is 36.5 Å². The van der Waals surface area contributed by atoms with Gasteiger partial charge in [-0.15, -0.1) is 0 Å². The van der Waals surface area contributed by atoms with E-state index in [4.69, 9.17) is 0 Å². The lowest BCUT2D eigenvalue weighted by atomic mass is 10.0. The van der Waals surface area contributed by atoms with Gasteiger partial charge in [0.25, 0.3) is 0 Å². The van der Waals surface area contributed by atoms with Crippen molar-refractivity contribution in [1.82, 2.24) is 9.88 Å². The minimum Gasteiger partial charge on any atom is -0.342 e. The molecule has 1 N–H and O–H groups in total. The summed E-state index contributed by atoms with van der Waals surface area (Å²) in [5, 5.41) is 3.95. The second kappa shape index (κ2) is 6.47. The number of hydrogen-bond acceptors (Lipinski definition) is 3. The lowest BCUT2D eigenvalue weighted by Gasteiger charge is -2.25. The first-order chi connectivity index (χ1) is 12.2. The Hall–Kier alpha value is -2.43. The maximum absolute atomic E-state index is 13.0. The molecule has 0 spiro atoms. The molecular weight excluding hydrogens is 314 g/mol. The normalized spacial score (nSPS) is 19.3. The second-order valence-corrected chi connectivity index (χ2v) is 7.12. The Kier molecular flexibility index (Phi) is 4.15. The van der Waals surface area contributed by atoms with Gasteiger partial charge in [0, 0.05) is 24.7 Å². The van der Waals surface area contributed by atoms with Crippen LogP contribution < -0.4 is 5.32 Å². The van der Waals surface area contributed by atoms with Crippen LogP contribution in [0.5, 0.6) is 0 Å². The van der Waals surface area contributed by atoms with Crippen LogP contribution in [0.2, 0.25) is 0 Å². The van der Waals surface area contributed by atoms with E-state index in [1.807, 2.05) is 35.2 Å². The third kappa shape index (κ3) is 2.99. The maximum atomic E-state index is 13.0. The van der Waals surface area contributed by atoms with Crippen LogP contribution in [0.1, 0.15) is 38.5 Å². The van der Waals surface area contributed by atoms with Crippen molar-refractivity contribution >= 4 is 28.4 Å². The Morgan fingerprint density at radius 1 is 1.00 bits per heavy atom. The topological polar surface area (TPSA) is 62.3 Å². The Balaban J connectivity index is 1.54. The number of benzene rings is 1. The Morgan fingerprint density at radius 2 is 1.72 bits per heavy atom. The number of amides is 2. The van der Waals surface area contributed by atoms with Gasteiger partial charge in [0.1, 0.15) is 5.41 Å². The zero-order valence-electron chi connectivity index (χ0n) is 14.3. The van der Waals surface area contributed by atoms with Crippen LogP contribution in [-0.2, 0) is 9.59 Å². The minimum atomic E-state index is -0.860. The first kappa shape index (κ1) is 16.1. The summed E-state index contributed by atoms with van der Waals surface area (Å²) in [5.41, 5.74) is 0.579. The molecule has 1 saturated heterocycles. The van der Waals surface area contributed by atoms with Gasteiger partial charge in [-0.3, -0.25) is 14.6 Å². The molecule has 1 aromatic carbocycles. The van der Waals surface area contributed by atoms with Gasteiger partial charge in [0.15, 0.2) is 0 Å². The molecular formula is C20H23N3O2. The molecule has 25 heavy (non-hydrogen) atoms. The number of aromatic nitrogens is 1. The first-order valence-electron chi connectivity index (χ1n) is 9.15. The van der Waals surface area contributed by atoms with E-state index < -0.39 is 5.41 Å². The number of nitrogens with zero attached hydrogens (tertiary/aromatic N) is 2. The molecule has 0 bridgehead atoms. The molecule has 130 valence electrons. The summed E-state index contributed by atoms with van der Waals surface area (Å²) in [6.45, 7) is 1.56. The van der Waals surface area contributed by atoms with Crippen molar-refractivity contribution < 1.29 is 9.59 Å². The zero-order valence-corrected chi connectivity index (χ0v) is 14.3. The van der Waals surface area contributed by atoms with E-state index in [1.54, 1.807) is 6.20 Å². The average molecular weight is 337 g/mol. The molecule has 1 aromatic heterocycles. The Morgan fingerprint density at radius 3 is 2.44 bits per heavy atom. The smallest absolute Gasteiger partial charge is 0.240 e. The third-order valence-electron chi connectivity index (χ3n) is 5.37. The van der Waals surface area contributed by atoms with E-state index in [2.05, 4.69) is 10.3 Å². The van der Waals surface area contributed by atoms with Crippen molar-refractivity contribution in [2.45, 2.75) is 38.5 Å². The van der Waals surface area contributed by atoms with Gasteiger partial charge in [-0.2, -0.15) is 0 Å². The highest BCUT2D eigenvalue weighted by Gasteiger charge is 2.58. The summed E-state index contributed by atoms with van der Waals surface area (Å²) in [5.74, 6) is -0.167. The fraction of sp³-hybridized carbons (Fsp3) is 0.450. The largest absolute Gasteiger partial charge is 0.342 e. The average Bonchev–Trinajstić information content (AvgIpc) is 3.46. The molecule has 5 heteroatoms. The SMILES string of the molecule is O=C(Nc1cccc2cccnc12)C1(C(=O)N2CCCCCC2)CC1. The summed E-state index contributed by atoms with van der Waals surface area (Å²) >= 11 is 0. The summed E-state index contributed by atoms with van der Waals surface area (Å²) in [6.07, 6.45) is 7.43. The molecule has 2 aliphatic rings. The van der Waals surface area contributed by atoms with Crippen molar-refractivity contribution in [1.29, 1.82) is 0 Å². The van der Waals surface area contributed by atoms with Crippen LogP contribution in [0, 0.1) is 5.41 Å². The molecule has 2 amide bonds. The second-order valence-electron chi connectivity index (χ2n) is 7.12. The predicted molar refractivity (Wildman–Crippen MR) is 97.1 cm³/mol. The molecule has 1 aliphatic carbocycles. The fourth-order valence-electron chi connectivity index (χ4n) is 3.69.